The number of halogens is 1. The van der Waals surface area contributed by atoms with E-state index < -0.39 is 0 Å². The Balaban J connectivity index is 1.84. The second-order valence-corrected chi connectivity index (χ2v) is 5.45. The highest BCUT2D eigenvalue weighted by Gasteiger charge is 2.19. The first-order valence-corrected chi connectivity index (χ1v) is 7.18. The van der Waals surface area contributed by atoms with E-state index in [2.05, 4.69) is 38.1 Å². The monoisotopic (exact) mass is 297 g/mol. The van der Waals surface area contributed by atoms with E-state index in [4.69, 9.17) is 0 Å². The third-order valence-electron chi connectivity index (χ3n) is 3.23. The van der Waals surface area contributed by atoms with Crippen LogP contribution in [0.5, 0.6) is 0 Å². The highest BCUT2D eigenvalue weighted by Crippen LogP contribution is 2.22. The molecule has 94 valence electrons. The average molecular weight is 298 g/mol. The van der Waals surface area contributed by atoms with Crippen molar-refractivity contribution in [3.05, 3.63) is 22.8 Å². The van der Waals surface area contributed by atoms with E-state index in [0.29, 0.717) is 6.04 Å². The Hall–Kier alpha value is -0.610. The largest absolute Gasteiger partial charge is 0.366 e. The van der Waals surface area contributed by atoms with Gasteiger partial charge in [0.05, 0.1) is 4.47 Å². The number of nitrogens with zero attached hydrogens (tertiary/aromatic N) is 2. The van der Waals surface area contributed by atoms with Gasteiger partial charge in [-0.25, -0.2) is 4.98 Å². The fraction of sp³-hybridized carbons (Fsp3) is 0.615. The fourth-order valence-electron chi connectivity index (χ4n) is 2.30. The molecule has 1 aromatic rings. The molecule has 2 rings (SSSR count). The second kappa shape index (κ2) is 6.36. The van der Waals surface area contributed by atoms with Gasteiger partial charge in [-0.3, -0.25) is 0 Å². The zero-order valence-corrected chi connectivity index (χ0v) is 11.9. The number of pyridine rings is 1. The van der Waals surface area contributed by atoms with Gasteiger partial charge in [0, 0.05) is 25.3 Å². The molecule has 0 radical (unpaired) electrons. The molecule has 1 N–H and O–H groups in total. The van der Waals surface area contributed by atoms with Crippen LogP contribution in [0.4, 0.5) is 5.82 Å². The molecule has 0 bridgehead atoms. The van der Waals surface area contributed by atoms with Gasteiger partial charge in [-0.1, -0.05) is 6.92 Å². The van der Waals surface area contributed by atoms with Gasteiger partial charge in [0.2, 0.25) is 0 Å². The van der Waals surface area contributed by atoms with Gasteiger partial charge in [0.1, 0.15) is 5.82 Å². The quantitative estimate of drug-likeness (QED) is 0.925. The molecule has 1 aliphatic heterocycles. The number of likely N-dealkylation sites (tertiary alicyclic amines) is 1. The minimum atomic E-state index is 0.564. The van der Waals surface area contributed by atoms with Gasteiger partial charge in [0.25, 0.3) is 0 Å². The molecule has 0 saturated carbocycles. The molecule has 1 aromatic heterocycles. The molecule has 2 heterocycles. The van der Waals surface area contributed by atoms with E-state index in [1.165, 1.54) is 38.9 Å². The normalized spacial score (nSPS) is 18.2. The summed E-state index contributed by atoms with van der Waals surface area (Å²) in [6.45, 7) is 5.89. The lowest BCUT2D eigenvalue weighted by molar-refractivity contribution is 0.219. The Morgan fingerprint density at radius 2 is 2.24 bits per heavy atom. The van der Waals surface area contributed by atoms with Gasteiger partial charge in [-0.2, -0.15) is 0 Å². The maximum atomic E-state index is 4.36. The summed E-state index contributed by atoms with van der Waals surface area (Å²) in [5.41, 5.74) is 0. The number of aromatic nitrogens is 1. The SMILES string of the molecule is CCCN1CCC(Nc2ncccc2Br)CC1. The van der Waals surface area contributed by atoms with Crippen LogP contribution in [-0.2, 0) is 0 Å². The molecule has 3 nitrogen and oxygen atoms in total. The Morgan fingerprint density at radius 1 is 1.47 bits per heavy atom. The molecule has 0 aliphatic carbocycles. The number of hydrogen-bond acceptors (Lipinski definition) is 3. The number of rotatable bonds is 4. The molecule has 1 fully saturated rings. The lowest BCUT2D eigenvalue weighted by Gasteiger charge is -2.32. The minimum Gasteiger partial charge on any atom is -0.366 e. The summed E-state index contributed by atoms with van der Waals surface area (Å²) in [7, 11) is 0. The lowest BCUT2D eigenvalue weighted by atomic mass is 10.0. The van der Waals surface area contributed by atoms with Crippen molar-refractivity contribution in [1.29, 1.82) is 0 Å². The number of nitrogens with one attached hydrogen (secondary N) is 1. The van der Waals surface area contributed by atoms with E-state index in [-0.39, 0.29) is 0 Å². The Labute approximate surface area is 112 Å². The molecule has 0 atom stereocenters. The summed E-state index contributed by atoms with van der Waals surface area (Å²) < 4.78 is 1.05. The number of hydrogen-bond donors (Lipinski definition) is 1. The van der Waals surface area contributed by atoms with Crippen LogP contribution < -0.4 is 5.32 Å². The van der Waals surface area contributed by atoms with E-state index in [9.17, 15) is 0 Å². The van der Waals surface area contributed by atoms with Crippen LogP contribution in [0.3, 0.4) is 0 Å². The van der Waals surface area contributed by atoms with Crippen molar-refractivity contribution in [3.63, 3.8) is 0 Å². The first kappa shape index (κ1) is 12.8. The standard InChI is InChI=1S/C13H20BrN3/c1-2-8-17-9-5-11(6-10-17)16-13-12(14)4-3-7-15-13/h3-4,7,11H,2,5-6,8-10H2,1H3,(H,15,16). The topological polar surface area (TPSA) is 28.2 Å². The Kier molecular flexibility index (Phi) is 4.80. The smallest absolute Gasteiger partial charge is 0.140 e. The van der Waals surface area contributed by atoms with Crippen molar-refractivity contribution >= 4 is 21.7 Å². The number of piperidine rings is 1. The third kappa shape index (κ3) is 3.68. The predicted molar refractivity (Wildman–Crippen MR) is 75.3 cm³/mol. The maximum absolute atomic E-state index is 4.36. The second-order valence-electron chi connectivity index (χ2n) is 4.59. The van der Waals surface area contributed by atoms with Crippen LogP contribution in [0.2, 0.25) is 0 Å². The molecular weight excluding hydrogens is 278 g/mol. The summed E-state index contributed by atoms with van der Waals surface area (Å²) in [5.74, 6) is 0.974. The van der Waals surface area contributed by atoms with Gasteiger partial charge in [0.15, 0.2) is 0 Å². The van der Waals surface area contributed by atoms with Crippen molar-refractivity contribution in [2.75, 3.05) is 25.0 Å². The molecule has 4 heteroatoms. The number of anilines is 1. The lowest BCUT2D eigenvalue weighted by Crippen LogP contribution is -2.39. The fourth-order valence-corrected chi connectivity index (χ4v) is 2.67. The molecule has 17 heavy (non-hydrogen) atoms. The molecule has 0 aromatic carbocycles. The average Bonchev–Trinajstić information content (AvgIpc) is 2.35. The van der Waals surface area contributed by atoms with Crippen molar-refractivity contribution in [2.45, 2.75) is 32.2 Å². The molecule has 1 aliphatic rings. The van der Waals surface area contributed by atoms with Crippen LogP contribution >= 0.6 is 15.9 Å². The first-order chi connectivity index (χ1) is 8.29. The van der Waals surface area contributed by atoms with E-state index in [1.807, 2.05) is 18.3 Å². The van der Waals surface area contributed by atoms with Gasteiger partial charge in [-0.15, -0.1) is 0 Å². The van der Waals surface area contributed by atoms with Crippen molar-refractivity contribution in [2.24, 2.45) is 0 Å². The van der Waals surface area contributed by atoms with E-state index in [0.717, 1.165) is 10.3 Å². The Morgan fingerprint density at radius 3 is 2.88 bits per heavy atom. The van der Waals surface area contributed by atoms with Crippen LogP contribution in [-0.4, -0.2) is 35.6 Å². The van der Waals surface area contributed by atoms with Gasteiger partial charge in [-0.05, 0) is 53.9 Å². The van der Waals surface area contributed by atoms with E-state index in [1.54, 1.807) is 0 Å². The molecule has 1 saturated heterocycles. The molecule has 0 unspecified atom stereocenters. The van der Waals surface area contributed by atoms with Crippen molar-refractivity contribution < 1.29 is 0 Å². The predicted octanol–water partition coefficient (Wildman–Crippen LogP) is 3.13. The van der Waals surface area contributed by atoms with Gasteiger partial charge >= 0.3 is 0 Å². The highest BCUT2D eigenvalue weighted by atomic mass is 79.9. The van der Waals surface area contributed by atoms with Crippen molar-refractivity contribution in [1.82, 2.24) is 9.88 Å². The zero-order valence-electron chi connectivity index (χ0n) is 10.3. The van der Waals surface area contributed by atoms with Crippen molar-refractivity contribution in [3.8, 4) is 0 Å². The highest BCUT2D eigenvalue weighted by molar-refractivity contribution is 9.10. The summed E-state index contributed by atoms with van der Waals surface area (Å²) in [4.78, 5) is 6.90. The summed E-state index contributed by atoms with van der Waals surface area (Å²) in [6.07, 6.45) is 5.51. The van der Waals surface area contributed by atoms with E-state index >= 15 is 0 Å². The first-order valence-electron chi connectivity index (χ1n) is 6.39. The zero-order chi connectivity index (χ0) is 12.1. The molecule has 0 spiro atoms. The van der Waals surface area contributed by atoms with Crippen LogP contribution in [0.1, 0.15) is 26.2 Å². The molecular formula is C13H20BrN3. The summed E-state index contributed by atoms with van der Waals surface area (Å²) in [5, 5.41) is 3.53. The summed E-state index contributed by atoms with van der Waals surface area (Å²) in [6, 6.07) is 4.54. The van der Waals surface area contributed by atoms with Crippen LogP contribution in [0.15, 0.2) is 22.8 Å². The van der Waals surface area contributed by atoms with Crippen LogP contribution in [0.25, 0.3) is 0 Å². The van der Waals surface area contributed by atoms with Gasteiger partial charge < -0.3 is 10.2 Å². The maximum Gasteiger partial charge on any atom is 0.140 e. The minimum absolute atomic E-state index is 0.564. The summed E-state index contributed by atoms with van der Waals surface area (Å²) >= 11 is 3.52. The Bertz CT molecular complexity index is 348. The van der Waals surface area contributed by atoms with Crippen LogP contribution in [0, 0.1) is 0 Å². The molecule has 0 amide bonds. The third-order valence-corrected chi connectivity index (χ3v) is 3.87.